The van der Waals surface area contributed by atoms with Gasteiger partial charge in [-0.05, 0) is 48.9 Å². The van der Waals surface area contributed by atoms with Crippen molar-refractivity contribution < 1.29 is 19.7 Å². The maximum Gasteiger partial charge on any atom is 0.344 e. The Labute approximate surface area is 176 Å². The summed E-state index contributed by atoms with van der Waals surface area (Å²) in [5, 5.41) is 21.3. The zero-order valence-corrected chi connectivity index (χ0v) is 17.0. The predicted octanol–water partition coefficient (Wildman–Crippen LogP) is 5.89. The second kappa shape index (κ2) is 8.73. The molecule has 1 heterocycles. The average molecular weight is 436 g/mol. The van der Waals surface area contributed by atoms with E-state index in [0.717, 1.165) is 11.8 Å². The number of hydrogen-bond acceptors (Lipinski definition) is 6. The molecule has 2 N–H and O–H groups in total. The first-order valence-electron chi connectivity index (χ1n) is 8.22. The van der Waals surface area contributed by atoms with Gasteiger partial charge in [-0.1, -0.05) is 47.1 Å². The standard InChI is InChI=1S/C20H15Cl2NO4S/c1-2-27-20(26)17-18(25)16(9-11-4-3-5-13(24)8-11)28-19(17)23-15-7-6-12(21)10-14(15)22/h3-10,24-25H,2H2,1H3. The zero-order chi connectivity index (χ0) is 20.3. The number of phenolic OH excluding ortho intramolecular Hbond substituents is 1. The number of carbonyl (C=O) groups is 1. The quantitative estimate of drug-likeness (QED) is 0.584. The molecule has 144 valence electrons. The number of aliphatic hydroxyl groups is 1. The summed E-state index contributed by atoms with van der Waals surface area (Å²) in [5.74, 6) is -0.834. The van der Waals surface area contributed by atoms with Crippen molar-refractivity contribution in [3.05, 3.63) is 74.3 Å². The number of phenols is 1. The molecule has 0 saturated heterocycles. The molecule has 1 aliphatic rings. The first-order valence-corrected chi connectivity index (χ1v) is 9.79. The number of nitrogens with zero attached hydrogens (tertiary/aromatic N) is 1. The van der Waals surface area contributed by atoms with Crippen LogP contribution in [0.15, 0.2) is 63.7 Å². The Balaban J connectivity index is 2.07. The van der Waals surface area contributed by atoms with Gasteiger partial charge in [-0.25, -0.2) is 9.79 Å². The van der Waals surface area contributed by atoms with Crippen molar-refractivity contribution in [2.45, 2.75) is 6.92 Å². The maximum atomic E-state index is 12.4. The highest BCUT2D eigenvalue weighted by molar-refractivity contribution is 8.18. The van der Waals surface area contributed by atoms with Crippen molar-refractivity contribution in [1.29, 1.82) is 0 Å². The van der Waals surface area contributed by atoms with Gasteiger partial charge in [-0.15, -0.1) is 0 Å². The minimum absolute atomic E-state index is 0.0377. The summed E-state index contributed by atoms with van der Waals surface area (Å²) < 4.78 is 5.06. The Hall–Kier alpha value is -2.41. The number of benzene rings is 2. The molecule has 5 nitrogen and oxygen atoms in total. The molecule has 3 rings (SSSR count). The molecule has 1 aliphatic heterocycles. The number of ether oxygens (including phenoxy) is 1. The Morgan fingerprint density at radius 2 is 2.00 bits per heavy atom. The lowest BCUT2D eigenvalue weighted by atomic mass is 10.1. The van der Waals surface area contributed by atoms with Crippen LogP contribution in [-0.4, -0.2) is 27.8 Å². The molecule has 0 aromatic heterocycles. The van der Waals surface area contributed by atoms with Crippen LogP contribution in [0.25, 0.3) is 6.08 Å². The second-order valence-electron chi connectivity index (χ2n) is 5.66. The number of hydrogen-bond donors (Lipinski definition) is 2. The van der Waals surface area contributed by atoms with Gasteiger partial charge in [-0.3, -0.25) is 0 Å². The van der Waals surface area contributed by atoms with Crippen LogP contribution in [0.1, 0.15) is 12.5 Å². The SMILES string of the molecule is CCOC(=O)C1=C(O)C(=Cc2cccc(O)c2)SC1=Nc1ccc(Cl)cc1Cl. The van der Waals surface area contributed by atoms with Gasteiger partial charge in [0.2, 0.25) is 0 Å². The Bertz CT molecular complexity index is 1030. The topological polar surface area (TPSA) is 79.1 Å². The normalized spacial score (nSPS) is 16.8. The summed E-state index contributed by atoms with van der Waals surface area (Å²) in [7, 11) is 0. The van der Waals surface area contributed by atoms with Gasteiger partial charge < -0.3 is 14.9 Å². The largest absolute Gasteiger partial charge is 0.508 e. The Morgan fingerprint density at radius 3 is 2.68 bits per heavy atom. The molecule has 0 unspecified atom stereocenters. The van der Waals surface area contributed by atoms with Crippen LogP contribution in [0.2, 0.25) is 10.0 Å². The Morgan fingerprint density at radius 1 is 1.21 bits per heavy atom. The molecule has 0 amide bonds. The first kappa shape index (κ1) is 20.3. The van der Waals surface area contributed by atoms with Crippen LogP contribution in [0.4, 0.5) is 5.69 Å². The van der Waals surface area contributed by atoms with Crippen molar-refractivity contribution in [3.63, 3.8) is 0 Å². The highest BCUT2D eigenvalue weighted by atomic mass is 35.5. The zero-order valence-electron chi connectivity index (χ0n) is 14.6. The Kier molecular flexibility index (Phi) is 6.34. The molecule has 28 heavy (non-hydrogen) atoms. The van der Waals surface area contributed by atoms with E-state index in [-0.39, 0.29) is 28.7 Å². The lowest BCUT2D eigenvalue weighted by Crippen LogP contribution is -2.12. The molecule has 0 spiro atoms. The van der Waals surface area contributed by atoms with Gasteiger partial charge in [0, 0.05) is 5.02 Å². The van der Waals surface area contributed by atoms with Crippen LogP contribution in [0.5, 0.6) is 5.75 Å². The lowest BCUT2D eigenvalue weighted by Gasteiger charge is -2.05. The molecule has 0 bridgehead atoms. The maximum absolute atomic E-state index is 12.4. The third-order valence-electron chi connectivity index (χ3n) is 3.67. The van der Waals surface area contributed by atoms with Crippen molar-refractivity contribution >= 4 is 57.7 Å². The van der Waals surface area contributed by atoms with Crippen LogP contribution in [0, 0.1) is 0 Å². The van der Waals surface area contributed by atoms with E-state index < -0.39 is 5.97 Å². The summed E-state index contributed by atoms with van der Waals surface area (Å²) in [5.41, 5.74) is 1.02. The van der Waals surface area contributed by atoms with E-state index in [2.05, 4.69) is 4.99 Å². The number of aliphatic imine (C=N–C) groups is 1. The van der Waals surface area contributed by atoms with Crippen LogP contribution >= 0.6 is 35.0 Å². The number of esters is 1. The number of halogens is 2. The number of rotatable bonds is 4. The van der Waals surface area contributed by atoms with E-state index in [4.69, 9.17) is 27.9 Å². The monoisotopic (exact) mass is 435 g/mol. The fourth-order valence-corrected chi connectivity index (χ4v) is 3.92. The second-order valence-corrected chi connectivity index (χ2v) is 7.54. The van der Waals surface area contributed by atoms with Gasteiger partial charge in [0.25, 0.3) is 0 Å². The van der Waals surface area contributed by atoms with Crippen molar-refractivity contribution in [3.8, 4) is 5.75 Å². The third-order valence-corrected chi connectivity index (χ3v) is 5.23. The van der Waals surface area contributed by atoms with Crippen molar-refractivity contribution in [2.24, 2.45) is 4.99 Å². The van der Waals surface area contributed by atoms with E-state index >= 15 is 0 Å². The molecule has 2 aromatic carbocycles. The average Bonchev–Trinajstić information content (AvgIpc) is 2.93. The number of carbonyl (C=O) groups excluding carboxylic acids is 1. The molecular formula is C20H15Cl2NO4S. The minimum Gasteiger partial charge on any atom is -0.508 e. The van der Waals surface area contributed by atoms with Gasteiger partial charge in [0.1, 0.15) is 22.1 Å². The highest BCUT2D eigenvalue weighted by Crippen LogP contribution is 2.41. The van der Waals surface area contributed by atoms with Gasteiger partial charge in [-0.2, -0.15) is 0 Å². The third kappa shape index (κ3) is 4.52. The van der Waals surface area contributed by atoms with E-state index in [1.165, 1.54) is 6.07 Å². The summed E-state index contributed by atoms with van der Waals surface area (Å²) in [6, 6.07) is 11.3. The lowest BCUT2D eigenvalue weighted by molar-refractivity contribution is -0.138. The van der Waals surface area contributed by atoms with Crippen molar-refractivity contribution in [1.82, 2.24) is 0 Å². The summed E-state index contributed by atoms with van der Waals surface area (Å²) in [4.78, 5) is 17.2. The van der Waals surface area contributed by atoms with E-state index in [0.29, 0.717) is 26.2 Å². The van der Waals surface area contributed by atoms with Gasteiger partial charge in [0.05, 0.1) is 22.2 Å². The number of aliphatic hydroxyl groups excluding tert-OH is 1. The molecule has 0 saturated carbocycles. The minimum atomic E-state index is -0.685. The fraction of sp³-hybridized carbons (Fsp3) is 0.100. The smallest absolute Gasteiger partial charge is 0.344 e. The summed E-state index contributed by atoms with van der Waals surface area (Å²) in [6.07, 6.45) is 1.64. The number of aromatic hydroxyl groups is 1. The van der Waals surface area contributed by atoms with Gasteiger partial charge in [0.15, 0.2) is 0 Å². The van der Waals surface area contributed by atoms with Crippen LogP contribution in [-0.2, 0) is 9.53 Å². The molecule has 0 atom stereocenters. The highest BCUT2D eigenvalue weighted by Gasteiger charge is 2.33. The molecular weight excluding hydrogens is 421 g/mol. The fourth-order valence-electron chi connectivity index (χ4n) is 2.44. The summed E-state index contributed by atoms with van der Waals surface area (Å²) in [6.45, 7) is 1.83. The first-order chi connectivity index (χ1) is 13.4. The van der Waals surface area contributed by atoms with Gasteiger partial charge >= 0.3 is 5.97 Å². The molecule has 0 radical (unpaired) electrons. The molecule has 0 fully saturated rings. The van der Waals surface area contributed by atoms with Crippen molar-refractivity contribution in [2.75, 3.05) is 6.61 Å². The molecule has 8 heteroatoms. The van der Waals surface area contributed by atoms with E-state index in [9.17, 15) is 15.0 Å². The van der Waals surface area contributed by atoms with E-state index in [1.54, 1.807) is 49.4 Å². The molecule has 2 aromatic rings. The van der Waals surface area contributed by atoms with E-state index in [1.807, 2.05) is 0 Å². The van der Waals surface area contributed by atoms with Crippen LogP contribution in [0.3, 0.4) is 0 Å². The van der Waals surface area contributed by atoms with Crippen LogP contribution < -0.4 is 0 Å². The summed E-state index contributed by atoms with van der Waals surface area (Å²) >= 11 is 13.2. The predicted molar refractivity (Wildman–Crippen MR) is 114 cm³/mol. The number of thioether (sulfide) groups is 1. The molecule has 0 aliphatic carbocycles.